The van der Waals surface area contributed by atoms with Crippen LogP contribution in [0.4, 0.5) is 0 Å². The highest BCUT2D eigenvalue weighted by Gasteiger charge is 2.10. The van der Waals surface area contributed by atoms with Crippen LogP contribution < -0.4 is 5.32 Å². The smallest absolute Gasteiger partial charge is 0.143 e. The third-order valence-electron chi connectivity index (χ3n) is 1.45. The van der Waals surface area contributed by atoms with Gasteiger partial charge in [0.25, 0.3) is 0 Å². The predicted molar refractivity (Wildman–Crippen MR) is 40.1 cm³/mol. The van der Waals surface area contributed by atoms with Crippen LogP contribution in [-0.2, 0) is 4.74 Å². The molecule has 1 rings (SSSR count). The first-order valence-corrected chi connectivity index (χ1v) is 3.40. The molecule has 1 heterocycles. The highest BCUT2D eigenvalue weighted by Crippen LogP contribution is 2.03. The summed E-state index contributed by atoms with van der Waals surface area (Å²) in [6.45, 7) is 0.589. The molecule has 0 fully saturated rings. The van der Waals surface area contributed by atoms with Gasteiger partial charge in [-0.05, 0) is 7.05 Å². The lowest BCUT2D eigenvalue weighted by molar-refractivity contribution is 0.167. The van der Waals surface area contributed by atoms with Crippen LogP contribution in [0.3, 0.4) is 0 Å². The molecule has 2 N–H and O–H groups in total. The maximum absolute atomic E-state index is 4.97. The molecule has 0 aliphatic heterocycles. The van der Waals surface area contributed by atoms with Gasteiger partial charge < -0.3 is 10.1 Å². The summed E-state index contributed by atoms with van der Waals surface area (Å²) >= 11 is 0. The molecule has 0 saturated carbocycles. The summed E-state index contributed by atoms with van der Waals surface area (Å²) in [6, 6.07) is 0.0995. The molecule has 0 aromatic carbocycles. The van der Waals surface area contributed by atoms with Crippen LogP contribution in [-0.4, -0.2) is 35.9 Å². The van der Waals surface area contributed by atoms with Gasteiger partial charge in [-0.1, -0.05) is 0 Å². The van der Waals surface area contributed by atoms with Gasteiger partial charge in [0.2, 0.25) is 0 Å². The van der Waals surface area contributed by atoms with Crippen LogP contribution >= 0.6 is 0 Å². The molecule has 0 aliphatic rings. The summed E-state index contributed by atoms with van der Waals surface area (Å²) in [7, 11) is 3.51. The Labute approximate surface area is 65.2 Å². The lowest BCUT2D eigenvalue weighted by atomic mass is 10.3. The fourth-order valence-electron chi connectivity index (χ4n) is 0.848. The number of H-pyrrole nitrogens is 1. The maximum atomic E-state index is 4.97. The van der Waals surface area contributed by atoms with E-state index in [1.807, 2.05) is 7.05 Å². The van der Waals surface area contributed by atoms with E-state index >= 15 is 0 Å². The van der Waals surface area contributed by atoms with Crippen LogP contribution in [0.2, 0.25) is 0 Å². The molecule has 1 atom stereocenters. The first-order chi connectivity index (χ1) is 5.38. The Kier molecular flexibility index (Phi) is 3.00. The van der Waals surface area contributed by atoms with E-state index in [9.17, 15) is 0 Å². The fourth-order valence-corrected chi connectivity index (χ4v) is 0.848. The van der Waals surface area contributed by atoms with Crippen molar-refractivity contribution < 1.29 is 4.74 Å². The van der Waals surface area contributed by atoms with Crippen LogP contribution in [0.5, 0.6) is 0 Å². The highest BCUT2D eigenvalue weighted by molar-refractivity contribution is 4.90. The molecule has 0 bridgehead atoms. The molecule has 62 valence electrons. The number of aromatic nitrogens is 3. The normalized spacial score (nSPS) is 13.3. The number of likely N-dealkylation sites (N-methyl/N-ethyl adjacent to an activating group) is 1. The Balaban J connectivity index is 2.56. The summed E-state index contributed by atoms with van der Waals surface area (Å²) in [5.74, 6) is 0.800. The summed E-state index contributed by atoms with van der Waals surface area (Å²) in [4.78, 5) is 4.00. The molecule has 0 saturated heterocycles. The zero-order valence-electron chi connectivity index (χ0n) is 6.66. The minimum Gasteiger partial charge on any atom is -0.383 e. The number of ether oxygens (including phenoxy) is 1. The van der Waals surface area contributed by atoms with Gasteiger partial charge in [-0.25, -0.2) is 4.98 Å². The first-order valence-electron chi connectivity index (χ1n) is 3.40. The number of hydrogen-bond donors (Lipinski definition) is 2. The monoisotopic (exact) mass is 156 g/mol. The van der Waals surface area contributed by atoms with Crippen molar-refractivity contribution in [3.63, 3.8) is 0 Å². The number of nitrogens with one attached hydrogen (secondary N) is 2. The molecule has 1 unspecified atom stereocenters. The quantitative estimate of drug-likeness (QED) is 0.629. The Morgan fingerprint density at radius 3 is 3.09 bits per heavy atom. The standard InChI is InChI=1S/C6H12N4O/c1-7-5(3-11-2)6-8-4-9-10-6/h4-5,7H,3H2,1-2H3,(H,8,9,10). The highest BCUT2D eigenvalue weighted by atomic mass is 16.5. The molecule has 1 aromatic rings. The van der Waals surface area contributed by atoms with Crippen LogP contribution in [0.15, 0.2) is 6.33 Å². The van der Waals surface area contributed by atoms with E-state index < -0.39 is 0 Å². The van der Waals surface area contributed by atoms with Crippen molar-refractivity contribution in [1.29, 1.82) is 0 Å². The summed E-state index contributed by atoms with van der Waals surface area (Å²) in [5, 5.41) is 9.56. The minimum atomic E-state index is 0.0995. The van der Waals surface area contributed by atoms with E-state index in [-0.39, 0.29) is 6.04 Å². The number of hydrogen-bond acceptors (Lipinski definition) is 4. The average Bonchev–Trinajstić information content (AvgIpc) is 2.52. The molecule has 11 heavy (non-hydrogen) atoms. The van der Waals surface area contributed by atoms with Crippen molar-refractivity contribution in [3.05, 3.63) is 12.2 Å². The molecule has 5 nitrogen and oxygen atoms in total. The number of aromatic amines is 1. The SMILES string of the molecule is CNC(COC)c1ncn[nH]1. The van der Waals surface area contributed by atoms with Crippen molar-refractivity contribution in [2.24, 2.45) is 0 Å². The molecule has 1 aromatic heterocycles. The van der Waals surface area contributed by atoms with Crippen molar-refractivity contribution in [3.8, 4) is 0 Å². The average molecular weight is 156 g/mol. The van der Waals surface area contributed by atoms with Crippen LogP contribution in [0.1, 0.15) is 11.9 Å². The second-order valence-corrected chi connectivity index (χ2v) is 2.17. The number of methoxy groups -OCH3 is 1. The number of rotatable bonds is 4. The summed E-state index contributed by atoms with van der Waals surface area (Å²) < 4.78 is 4.97. The van der Waals surface area contributed by atoms with Crippen molar-refractivity contribution >= 4 is 0 Å². The lowest BCUT2D eigenvalue weighted by Gasteiger charge is -2.10. The van der Waals surface area contributed by atoms with E-state index in [2.05, 4.69) is 20.5 Å². The van der Waals surface area contributed by atoms with E-state index in [4.69, 9.17) is 4.74 Å². The molecule has 0 amide bonds. The van der Waals surface area contributed by atoms with Crippen molar-refractivity contribution in [1.82, 2.24) is 20.5 Å². The van der Waals surface area contributed by atoms with E-state index in [0.717, 1.165) is 5.82 Å². The first kappa shape index (κ1) is 8.16. The third kappa shape index (κ3) is 1.99. The summed E-state index contributed by atoms with van der Waals surface area (Å²) in [6.07, 6.45) is 1.48. The zero-order valence-corrected chi connectivity index (χ0v) is 6.66. The lowest BCUT2D eigenvalue weighted by Crippen LogP contribution is -2.22. The molecule has 0 spiro atoms. The van der Waals surface area contributed by atoms with Crippen molar-refractivity contribution in [2.45, 2.75) is 6.04 Å². The maximum Gasteiger partial charge on any atom is 0.143 e. The molecule has 0 aliphatic carbocycles. The zero-order chi connectivity index (χ0) is 8.10. The Morgan fingerprint density at radius 2 is 2.64 bits per heavy atom. The van der Waals surface area contributed by atoms with Gasteiger partial charge in [0.05, 0.1) is 12.6 Å². The van der Waals surface area contributed by atoms with Gasteiger partial charge in [0, 0.05) is 7.11 Å². The molecule has 5 heteroatoms. The van der Waals surface area contributed by atoms with Gasteiger partial charge in [-0.15, -0.1) is 0 Å². The van der Waals surface area contributed by atoms with Crippen molar-refractivity contribution in [2.75, 3.05) is 20.8 Å². The largest absolute Gasteiger partial charge is 0.383 e. The third-order valence-corrected chi connectivity index (χ3v) is 1.45. The van der Waals surface area contributed by atoms with Gasteiger partial charge >= 0.3 is 0 Å². The molecule has 0 radical (unpaired) electrons. The Morgan fingerprint density at radius 1 is 1.82 bits per heavy atom. The second kappa shape index (κ2) is 4.05. The van der Waals surface area contributed by atoms with E-state index in [1.165, 1.54) is 6.33 Å². The Bertz CT molecular complexity index is 186. The predicted octanol–water partition coefficient (Wildman–Crippen LogP) is -0.288. The minimum absolute atomic E-state index is 0.0995. The second-order valence-electron chi connectivity index (χ2n) is 2.17. The van der Waals surface area contributed by atoms with Crippen LogP contribution in [0.25, 0.3) is 0 Å². The molecular weight excluding hydrogens is 144 g/mol. The van der Waals surface area contributed by atoms with Gasteiger partial charge in [-0.2, -0.15) is 5.10 Å². The van der Waals surface area contributed by atoms with E-state index in [0.29, 0.717) is 6.61 Å². The van der Waals surface area contributed by atoms with Gasteiger partial charge in [0.1, 0.15) is 12.2 Å². The van der Waals surface area contributed by atoms with Crippen LogP contribution in [0, 0.1) is 0 Å². The Hall–Kier alpha value is -0.940. The molecular formula is C6H12N4O. The topological polar surface area (TPSA) is 62.8 Å². The fraction of sp³-hybridized carbons (Fsp3) is 0.667. The summed E-state index contributed by atoms with van der Waals surface area (Å²) in [5.41, 5.74) is 0. The van der Waals surface area contributed by atoms with Gasteiger partial charge in [0.15, 0.2) is 0 Å². The van der Waals surface area contributed by atoms with Gasteiger partial charge in [-0.3, -0.25) is 5.10 Å². The number of nitrogens with zero attached hydrogens (tertiary/aromatic N) is 2. The van der Waals surface area contributed by atoms with E-state index in [1.54, 1.807) is 7.11 Å².